The summed E-state index contributed by atoms with van der Waals surface area (Å²) in [6.07, 6.45) is 5.58. The minimum Gasteiger partial charge on any atom is -0.464 e. The normalized spacial score (nSPS) is 15.5. The molecular weight excluding hydrogens is 396 g/mol. The van der Waals surface area contributed by atoms with Gasteiger partial charge < -0.3 is 14.5 Å². The van der Waals surface area contributed by atoms with Crippen LogP contribution in [0, 0.1) is 0 Å². The fraction of sp³-hybridized carbons (Fsp3) is 0.375. The Kier molecular flexibility index (Phi) is 6.21. The third-order valence-electron chi connectivity index (χ3n) is 5.73. The van der Waals surface area contributed by atoms with Gasteiger partial charge in [-0.2, -0.15) is 0 Å². The van der Waals surface area contributed by atoms with Gasteiger partial charge in [-0.1, -0.05) is 49.6 Å². The molecular formula is C24H26N2O5. The molecule has 1 heterocycles. The molecule has 0 spiro atoms. The summed E-state index contributed by atoms with van der Waals surface area (Å²) in [5.41, 5.74) is 1.38. The summed E-state index contributed by atoms with van der Waals surface area (Å²) >= 11 is 0. The Balaban J connectivity index is 1.35. The SMILES string of the molecule is C[C@H](OC(=O)Cc1coc2ccc3ccccc3c12)C(=O)NC(=O)NC1CCCCC1. The summed E-state index contributed by atoms with van der Waals surface area (Å²) in [6, 6.07) is 11.2. The molecule has 7 heteroatoms. The van der Waals surface area contributed by atoms with Crippen LogP contribution in [0.2, 0.25) is 0 Å². The van der Waals surface area contributed by atoms with Crippen molar-refractivity contribution in [3.8, 4) is 0 Å². The number of rotatable bonds is 5. The molecule has 162 valence electrons. The van der Waals surface area contributed by atoms with Crippen molar-refractivity contribution in [2.75, 3.05) is 0 Å². The van der Waals surface area contributed by atoms with Gasteiger partial charge in [0.05, 0.1) is 12.7 Å². The lowest BCUT2D eigenvalue weighted by Gasteiger charge is -2.23. The molecule has 0 aliphatic heterocycles. The summed E-state index contributed by atoms with van der Waals surface area (Å²) in [5, 5.41) is 7.96. The van der Waals surface area contributed by atoms with Gasteiger partial charge in [0.2, 0.25) is 0 Å². The van der Waals surface area contributed by atoms with Gasteiger partial charge in [0, 0.05) is 17.0 Å². The van der Waals surface area contributed by atoms with Crippen LogP contribution in [0.1, 0.15) is 44.6 Å². The van der Waals surface area contributed by atoms with E-state index in [9.17, 15) is 14.4 Å². The number of furan rings is 1. The van der Waals surface area contributed by atoms with Gasteiger partial charge in [0.25, 0.3) is 5.91 Å². The lowest BCUT2D eigenvalue weighted by molar-refractivity contribution is -0.153. The average molecular weight is 422 g/mol. The molecule has 2 N–H and O–H groups in total. The molecule has 3 amide bonds. The lowest BCUT2D eigenvalue weighted by Crippen LogP contribution is -2.48. The summed E-state index contributed by atoms with van der Waals surface area (Å²) in [6.45, 7) is 1.45. The quantitative estimate of drug-likeness (QED) is 0.600. The van der Waals surface area contributed by atoms with E-state index in [1.165, 1.54) is 13.3 Å². The maximum atomic E-state index is 12.5. The highest BCUT2D eigenvalue weighted by atomic mass is 16.5. The third kappa shape index (κ3) is 4.87. The van der Waals surface area contributed by atoms with Crippen molar-refractivity contribution in [2.24, 2.45) is 0 Å². The molecule has 0 saturated heterocycles. The van der Waals surface area contributed by atoms with E-state index in [0.29, 0.717) is 11.1 Å². The number of hydrogen-bond donors (Lipinski definition) is 2. The van der Waals surface area contributed by atoms with E-state index in [1.54, 1.807) is 6.26 Å². The zero-order chi connectivity index (χ0) is 21.8. The minimum atomic E-state index is -1.08. The molecule has 1 fully saturated rings. The third-order valence-corrected chi connectivity index (χ3v) is 5.73. The number of fused-ring (bicyclic) bond motifs is 3. The fourth-order valence-corrected chi connectivity index (χ4v) is 4.13. The number of amides is 3. The number of ether oxygens (including phenoxy) is 1. The van der Waals surface area contributed by atoms with Crippen LogP contribution in [0.15, 0.2) is 47.1 Å². The Morgan fingerprint density at radius 2 is 1.87 bits per heavy atom. The minimum absolute atomic E-state index is 0.0348. The van der Waals surface area contributed by atoms with Crippen LogP contribution in [-0.4, -0.2) is 30.1 Å². The second-order valence-corrected chi connectivity index (χ2v) is 8.03. The second-order valence-electron chi connectivity index (χ2n) is 8.03. The Labute approximate surface area is 180 Å². The van der Waals surface area contributed by atoms with Gasteiger partial charge in [-0.3, -0.25) is 14.9 Å². The smallest absolute Gasteiger partial charge is 0.321 e. The molecule has 0 unspecified atom stereocenters. The van der Waals surface area contributed by atoms with Crippen molar-refractivity contribution in [3.05, 3.63) is 48.2 Å². The Morgan fingerprint density at radius 1 is 1.10 bits per heavy atom. The number of carbonyl (C=O) groups excluding carboxylic acids is 3. The topological polar surface area (TPSA) is 97.6 Å². The van der Waals surface area contributed by atoms with Gasteiger partial charge in [-0.15, -0.1) is 0 Å². The first-order valence-electron chi connectivity index (χ1n) is 10.7. The van der Waals surface area contributed by atoms with Crippen molar-refractivity contribution < 1.29 is 23.5 Å². The van der Waals surface area contributed by atoms with Gasteiger partial charge in [0.1, 0.15) is 5.58 Å². The highest BCUT2D eigenvalue weighted by molar-refractivity contribution is 6.08. The van der Waals surface area contributed by atoms with E-state index in [2.05, 4.69) is 10.6 Å². The van der Waals surface area contributed by atoms with E-state index in [-0.39, 0.29) is 12.5 Å². The molecule has 1 aliphatic rings. The zero-order valence-corrected chi connectivity index (χ0v) is 17.5. The Hall–Kier alpha value is -3.35. The van der Waals surface area contributed by atoms with E-state index < -0.39 is 24.0 Å². The number of hydrogen-bond acceptors (Lipinski definition) is 5. The fourth-order valence-electron chi connectivity index (χ4n) is 4.13. The van der Waals surface area contributed by atoms with Gasteiger partial charge in [0.15, 0.2) is 6.10 Å². The van der Waals surface area contributed by atoms with Crippen LogP contribution in [0.4, 0.5) is 4.79 Å². The maximum absolute atomic E-state index is 12.5. The summed E-state index contributed by atoms with van der Waals surface area (Å²) in [7, 11) is 0. The Bertz CT molecular complexity index is 1110. The molecule has 1 atom stereocenters. The van der Waals surface area contributed by atoms with Crippen molar-refractivity contribution >= 4 is 39.6 Å². The monoisotopic (exact) mass is 422 g/mol. The highest BCUT2D eigenvalue weighted by Gasteiger charge is 2.23. The maximum Gasteiger partial charge on any atom is 0.321 e. The zero-order valence-electron chi connectivity index (χ0n) is 17.5. The number of benzene rings is 2. The first-order chi connectivity index (χ1) is 15.0. The molecule has 7 nitrogen and oxygen atoms in total. The molecule has 2 aromatic carbocycles. The molecule has 3 aromatic rings. The highest BCUT2D eigenvalue weighted by Crippen LogP contribution is 2.30. The number of esters is 1. The van der Waals surface area contributed by atoms with Crippen LogP contribution in [0.3, 0.4) is 0 Å². The number of carbonyl (C=O) groups is 3. The predicted octanol–water partition coefficient (Wildman–Crippen LogP) is 4.22. The molecule has 0 radical (unpaired) electrons. The van der Waals surface area contributed by atoms with Crippen molar-refractivity contribution in [1.82, 2.24) is 10.6 Å². The molecule has 31 heavy (non-hydrogen) atoms. The van der Waals surface area contributed by atoms with Gasteiger partial charge >= 0.3 is 12.0 Å². The standard InChI is InChI=1S/C24H26N2O5/c1-15(23(28)26-24(29)25-18-8-3-2-4-9-18)31-21(27)13-17-14-30-20-12-11-16-7-5-6-10-19(16)22(17)20/h5-7,10-12,14-15,18H,2-4,8-9,13H2,1H3,(H2,25,26,28,29)/t15-/m0/s1. The van der Waals surface area contributed by atoms with E-state index in [0.717, 1.165) is 41.8 Å². The number of nitrogens with one attached hydrogen (secondary N) is 2. The summed E-state index contributed by atoms with van der Waals surface area (Å²) in [5.74, 6) is -1.21. The van der Waals surface area contributed by atoms with Crippen LogP contribution < -0.4 is 10.6 Å². The molecule has 1 aliphatic carbocycles. The largest absolute Gasteiger partial charge is 0.464 e. The number of imide groups is 1. The average Bonchev–Trinajstić information content (AvgIpc) is 3.17. The van der Waals surface area contributed by atoms with Crippen LogP contribution in [-0.2, 0) is 20.7 Å². The molecule has 1 aromatic heterocycles. The summed E-state index contributed by atoms with van der Waals surface area (Å²) < 4.78 is 10.9. The molecule has 1 saturated carbocycles. The first kappa shape index (κ1) is 20.9. The lowest BCUT2D eigenvalue weighted by atomic mass is 9.96. The predicted molar refractivity (Wildman–Crippen MR) is 117 cm³/mol. The Morgan fingerprint density at radius 3 is 2.68 bits per heavy atom. The molecule has 4 rings (SSSR count). The number of urea groups is 1. The molecule has 0 bridgehead atoms. The van der Waals surface area contributed by atoms with Crippen molar-refractivity contribution in [3.63, 3.8) is 0 Å². The van der Waals surface area contributed by atoms with Crippen molar-refractivity contribution in [2.45, 2.75) is 57.6 Å². The van der Waals surface area contributed by atoms with E-state index >= 15 is 0 Å². The van der Waals surface area contributed by atoms with Crippen LogP contribution in [0.5, 0.6) is 0 Å². The van der Waals surface area contributed by atoms with Crippen LogP contribution >= 0.6 is 0 Å². The first-order valence-corrected chi connectivity index (χ1v) is 10.7. The second kappa shape index (κ2) is 9.20. The van der Waals surface area contributed by atoms with Gasteiger partial charge in [-0.25, -0.2) is 4.79 Å². The summed E-state index contributed by atoms with van der Waals surface area (Å²) in [4.78, 5) is 36.8. The van der Waals surface area contributed by atoms with E-state index in [1.807, 2.05) is 36.4 Å². The van der Waals surface area contributed by atoms with Crippen molar-refractivity contribution in [1.29, 1.82) is 0 Å². The van der Waals surface area contributed by atoms with E-state index in [4.69, 9.17) is 9.15 Å². The van der Waals surface area contributed by atoms with Crippen LogP contribution in [0.25, 0.3) is 21.7 Å². The van der Waals surface area contributed by atoms with Gasteiger partial charge in [-0.05, 0) is 36.6 Å².